The number of carbonyl (C=O) groups is 1. The van der Waals surface area contributed by atoms with E-state index in [1.807, 2.05) is 0 Å². The summed E-state index contributed by atoms with van der Waals surface area (Å²) < 4.78 is 14.9. The lowest BCUT2D eigenvalue weighted by Gasteiger charge is -2.11. The third-order valence-corrected chi connectivity index (χ3v) is 3.92. The molecule has 0 aliphatic rings. The van der Waals surface area contributed by atoms with E-state index < -0.39 is 11.7 Å². The second-order valence-electron chi connectivity index (χ2n) is 4.30. The van der Waals surface area contributed by atoms with Crippen LogP contribution in [0.5, 0.6) is 0 Å². The number of anilines is 2. The molecule has 3 N–H and O–H groups in total. The number of amides is 1. The van der Waals surface area contributed by atoms with Crippen molar-refractivity contribution in [2.24, 2.45) is 0 Å². The predicted octanol–water partition coefficient (Wildman–Crippen LogP) is 4.49. The number of halogens is 3. The highest BCUT2D eigenvalue weighted by molar-refractivity contribution is 9.11. The Morgan fingerprint density at radius 2 is 1.80 bits per heavy atom. The van der Waals surface area contributed by atoms with E-state index in [0.717, 1.165) is 5.56 Å². The molecule has 0 saturated carbocycles. The molecular formula is C14H11Br2FN2O. The van der Waals surface area contributed by atoms with Crippen LogP contribution in [0.2, 0.25) is 0 Å². The van der Waals surface area contributed by atoms with Crippen molar-refractivity contribution in [1.29, 1.82) is 0 Å². The van der Waals surface area contributed by atoms with Gasteiger partial charge < -0.3 is 11.1 Å². The van der Waals surface area contributed by atoms with Gasteiger partial charge in [-0.1, -0.05) is 11.6 Å². The minimum Gasteiger partial charge on any atom is -0.399 e. The molecule has 0 aromatic heterocycles. The van der Waals surface area contributed by atoms with E-state index in [4.69, 9.17) is 5.73 Å². The summed E-state index contributed by atoms with van der Waals surface area (Å²) in [5.74, 6) is -1.08. The maximum atomic E-state index is 13.7. The number of nitrogens with two attached hydrogens (primary N) is 1. The van der Waals surface area contributed by atoms with Crippen molar-refractivity contribution in [2.75, 3.05) is 11.1 Å². The highest BCUT2D eigenvalue weighted by Gasteiger charge is 2.15. The van der Waals surface area contributed by atoms with Crippen LogP contribution in [0.1, 0.15) is 15.9 Å². The zero-order valence-corrected chi connectivity index (χ0v) is 13.7. The highest BCUT2D eigenvalue weighted by Crippen LogP contribution is 2.33. The van der Waals surface area contributed by atoms with Crippen molar-refractivity contribution < 1.29 is 9.18 Å². The largest absolute Gasteiger partial charge is 0.399 e. The van der Waals surface area contributed by atoms with Gasteiger partial charge in [0.25, 0.3) is 5.91 Å². The van der Waals surface area contributed by atoms with Gasteiger partial charge in [-0.15, -0.1) is 0 Å². The monoisotopic (exact) mass is 400 g/mol. The minimum atomic E-state index is -0.559. The molecule has 0 fully saturated rings. The lowest BCUT2D eigenvalue weighted by Crippen LogP contribution is -2.15. The molecule has 3 nitrogen and oxygen atoms in total. The summed E-state index contributed by atoms with van der Waals surface area (Å²) in [4.78, 5) is 12.2. The van der Waals surface area contributed by atoms with Crippen molar-refractivity contribution in [3.8, 4) is 0 Å². The lowest BCUT2D eigenvalue weighted by molar-refractivity contribution is 0.102. The number of carbonyl (C=O) groups excluding carboxylic acids is 1. The van der Waals surface area contributed by atoms with E-state index in [9.17, 15) is 9.18 Å². The smallest absolute Gasteiger partial charge is 0.258 e. The van der Waals surface area contributed by atoms with E-state index >= 15 is 0 Å². The van der Waals surface area contributed by atoms with E-state index in [1.165, 1.54) is 12.1 Å². The van der Waals surface area contributed by atoms with Crippen LogP contribution < -0.4 is 11.1 Å². The fourth-order valence-electron chi connectivity index (χ4n) is 1.71. The number of rotatable bonds is 2. The molecule has 2 aromatic carbocycles. The normalized spacial score (nSPS) is 10.4. The number of aryl methyl sites for hydroxylation is 1. The Kier molecular flexibility index (Phi) is 4.45. The van der Waals surface area contributed by atoms with Gasteiger partial charge >= 0.3 is 0 Å². The molecule has 2 rings (SSSR count). The average Bonchev–Trinajstić information content (AvgIpc) is 2.36. The molecule has 0 atom stereocenters. The molecule has 0 saturated heterocycles. The lowest BCUT2D eigenvalue weighted by atomic mass is 10.1. The van der Waals surface area contributed by atoms with E-state index in [1.54, 1.807) is 25.1 Å². The number of hydrogen-bond acceptors (Lipinski definition) is 2. The van der Waals surface area contributed by atoms with Crippen LogP contribution in [-0.4, -0.2) is 5.91 Å². The van der Waals surface area contributed by atoms with Crippen LogP contribution in [0, 0.1) is 12.7 Å². The van der Waals surface area contributed by atoms with E-state index in [2.05, 4.69) is 37.2 Å². The van der Waals surface area contributed by atoms with Gasteiger partial charge in [0.05, 0.1) is 11.3 Å². The Labute approximate surface area is 132 Å². The first-order chi connectivity index (χ1) is 9.38. The van der Waals surface area contributed by atoms with Crippen molar-refractivity contribution in [1.82, 2.24) is 0 Å². The molecule has 20 heavy (non-hydrogen) atoms. The molecule has 1 amide bonds. The zero-order chi connectivity index (χ0) is 14.9. The molecule has 0 spiro atoms. The van der Waals surface area contributed by atoms with Crippen LogP contribution in [0.15, 0.2) is 39.3 Å². The Bertz CT molecular complexity index is 666. The molecular weight excluding hydrogens is 391 g/mol. The van der Waals surface area contributed by atoms with Gasteiger partial charge in [-0.3, -0.25) is 4.79 Å². The fraction of sp³-hybridized carbons (Fsp3) is 0.0714. The number of benzene rings is 2. The Balaban J connectivity index is 2.35. The van der Waals surface area contributed by atoms with Crippen molar-refractivity contribution in [2.45, 2.75) is 6.92 Å². The maximum Gasteiger partial charge on any atom is 0.258 e. The second-order valence-corrected chi connectivity index (χ2v) is 6.01. The fourth-order valence-corrected chi connectivity index (χ4v) is 3.13. The first-order valence-electron chi connectivity index (χ1n) is 5.70. The molecule has 0 bridgehead atoms. The molecule has 6 heteroatoms. The van der Waals surface area contributed by atoms with Gasteiger partial charge in [0, 0.05) is 14.6 Å². The van der Waals surface area contributed by atoms with Gasteiger partial charge in [-0.05, 0) is 63.0 Å². The SMILES string of the molecule is Cc1ccc(F)c(C(=O)Nc2c(Br)cc(N)cc2Br)c1. The Hall–Kier alpha value is -1.40. The van der Waals surface area contributed by atoms with Crippen LogP contribution >= 0.6 is 31.9 Å². The van der Waals surface area contributed by atoms with Gasteiger partial charge in [0.15, 0.2) is 0 Å². The Morgan fingerprint density at radius 3 is 2.40 bits per heavy atom. The summed E-state index contributed by atoms with van der Waals surface area (Å²) in [5, 5.41) is 2.66. The van der Waals surface area contributed by atoms with Gasteiger partial charge in [-0.2, -0.15) is 0 Å². The minimum absolute atomic E-state index is 0.000579. The van der Waals surface area contributed by atoms with E-state index in [0.29, 0.717) is 20.3 Å². The van der Waals surface area contributed by atoms with Crippen molar-refractivity contribution >= 4 is 49.1 Å². The first-order valence-corrected chi connectivity index (χ1v) is 7.29. The summed E-state index contributed by atoms with van der Waals surface area (Å²) >= 11 is 6.63. The number of hydrogen-bond donors (Lipinski definition) is 2. The maximum absolute atomic E-state index is 13.7. The standard InChI is InChI=1S/C14H11Br2FN2O/c1-7-2-3-12(17)9(4-7)14(20)19-13-10(15)5-8(18)6-11(13)16/h2-6H,18H2,1H3,(H,19,20). The van der Waals surface area contributed by atoms with Crippen molar-refractivity contribution in [3.05, 3.63) is 56.2 Å². The molecule has 0 aliphatic heterocycles. The molecule has 0 aliphatic carbocycles. The van der Waals surface area contributed by atoms with Crippen LogP contribution in [0.3, 0.4) is 0 Å². The molecule has 0 unspecified atom stereocenters. The summed E-state index contributed by atoms with van der Waals surface area (Å²) in [5.41, 5.74) is 7.54. The zero-order valence-electron chi connectivity index (χ0n) is 10.5. The number of nitrogens with one attached hydrogen (secondary N) is 1. The third kappa shape index (κ3) is 3.19. The predicted molar refractivity (Wildman–Crippen MR) is 85.3 cm³/mol. The summed E-state index contributed by atoms with van der Waals surface area (Å²) in [6, 6.07) is 7.71. The molecule has 0 heterocycles. The second kappa shape index (κ2) is 5.93. The highest BCUT2D eigenvalue weighted by atomic mass is 79.9. The molecule has 2 aromatic rings. The quantitative estimate of drug-likeness (QED) is 0.728. The Morgan fingerprint density at radius 1 is 1.20 bits per heavy atom. The van der Waals surface area contributed by atoms with Crippen molar-refractivity contribution in [3.63, 3.8) is 0 Å². The molecule has 104 valence electrons. The third-order valence-electron chi connectivity index (χ3n) is 2.67. The van der Waals surface area contributed by atoms with Crippen LogP contribution in [0.4, 0.5) is 15.8 Å². The summed E-state index contributed by atoms with van der Waals surface area (Å²) in [6.45, 7) is 1.80. The van der Waals surface area contributed by atoms with Gasteiger partial charge in [0.1, 0.15) is 5.82 Å². The number of nitrogen functional groups attached to an aromatic ring is 1. The first kappa shape index (κ1) is 15.0. The van der Waals surface area contributed by atoms with Gasteiger partial charge in [-0.25, -0.2) is 4.39 Å². The topological polar surface area (TPSA) is 55.1 Å². The summed E-state index contributed by atoms with van der Waals surface area (Å²) in [7, 11) is 0. The van der Waals surface area contributed by atoms with Crippen LogP contribution in [-0.2, 0) is 0 Å². The molecule has 0 radical (unpaired) electrons. The average molecular weight is 402 g/mol. The summed E-state index contributed by atoms with van der Waals surface area (Å²) in [6.07, 6.45) is 0. The van der Waals surface area contributed by atoms with Gasteiger partial charge in [0.2, 0.25) is 0 Å². The van der Waals surface area contributed by atoms with Crippen LogP contribution in [0.25, 0.3) is 0 Å². The van der Waals surface area contributed by atoms with E-state index in [-0.39, 0.29) is 5.56 Å².